The van der Waals surface area contributed by atoms with E-state index in [0.29, 0.717) is 12.8 Å². The molecule has 1 atom stereocenters. The predicted octanol–water partition coefficient (Wildman–Crippen LogP) is 2.44. The second kappa shape index (κ2) is 5.60. The van der Waals surface area contributed by atoms with Crippen LogP contribution < -0.4 is 4.74 Å². The SMILES string of the molecule is COc1ccc(Cc2ncc3n2C(C(=O)O)CCC3)cc1. The number of ether oxygens (including phenoxy) is 1. The Labute approximate surface area is 123 Å². The molecule has 1 unspecified atom stereocenters. The summed E-state index contributed by atoms with van der Waals surface area (Å²) in [6, 6.07) is 7.30. The van der Waals surface area contributed by atoms with Crippen molar-refractivity contribution in [1.82, 2.24) is 9.55 Å². The summed E-state index contributed by atoms with van der Waals surface area (Å²) in [5.74, 6) is 0.861. The Kier molecular flexibility index (Phi) is 3.64. The van der Waals surface area contributed by atoms with Crippen LogP contribution in [-0.2, 0) is 17.6 Å². The van der Waals surface area contributed by atoms with Gasteiger partial charge in [-0.25, -0.2) is 9.78 Å². The molecule has 1 aliphatic rings. The quantitative estimate of drug-likeness (QED) is 0.937. The molecule has 110 valence electrons. The number of nitrogens with zero attached hydrogens (tertiary/aromatic N) is 2. The first-order chi connectivity index (χ1) is 10.2. The summed E-state index contributed by atoms with van der Waals surface area (Å²) >= 11 is 0. The van der Waals surface area contributed by atoms with Crippen LogP contribution in [-0.4, -0.2) is 27.7 Å². The molecule has 0 bridgehead atoms. The van der Waals surface area contributed by atoms with E-state index in [0.717, 1.165) is 35.7 Å². The lowest BCUT2D eigenvalue weighted by atomic mass is 10.0. The van der Waals surface area contributed by atoms with Crippen molar-refractivity contribution >= 4 is 5.97 Å². The van der Waals surface area contributed by atoms with Gasteiger partial charge in [-0.05, 0) is 37.0 Å². The lowest BCUT2D eigenvalue weighted by molar-refractivity contribution is -0.141. The Morgan fingerprint density at radius 3 is 2.86 bits per heavy atom. The number of rotatable bonds is 4. The first-order valence-electron chi connectivity index (χ1n) is 7.09. The summed E-state index contributed by atoms with van der Waals surface area (Å²) in [7, 11) is 1.64. The molecule has 21 heavy (non-hydrogen) atoms. The highest BCUT2D eigenvalue weighted by molar-refractivity contribution is 5.72. The zero-order valence-corrected chi connectivity index (χ0v) is 12.0. The van der Waals surface area contributed by atoms with Gasteiger partial charge in [-0.15, -0.1) is 0 Å². The lowest BCUT2D eigenvalue weighted by Crippen LogP contribution is -2.26. The molecule has 2 heterocycles. The topological polar surface area (TPSA) is 64.4 Å². The standard InChI is InChI=1S/C16H18N2O3/c1-21-13-7-5-11(6-8-13)9-15-17-10-12-3-2-4-14(16(19)20)18(12)15/h5-8,10,14H,2-4,9H2,1H3,(H,19,20). The fraction of sp³-hybridized carbons (Fsp3) is 0.375. The first kappa shape index (κ1) is 13.7. The van der Waals surface area contributed by atoms with Crippen molar-refractivity contribution in [2.45, 2.75) is 31.7 Å². The predicted molar refractivity (Wildman–Crippen MR) is 77.6 cm³/mol. The fourth-order valence-electron chi connectivity index (χ4n) is 2.90. The third-order valence-electron chi connectivity index (χ3n) is 3.98. The van der Waals surface area contributed by atoms with Gasteiger partial charge in [0.05, 0.1) is 7.11 Å². The van der Waals surface area contributed by atoms with Crippen LogP contribution in [0.15, 0.2) is 30.5 Å². The molecular weight excluding hydrogens is 268 g/mol. The molecule has 1 aliphatic heterocycles. The van der Waals surface area contributed by atoms with Gasteiger partial charge >= 0.3 is 5.97 Å². The zero-order valence-electron chi connectivity index (χ0n) is 12.0. The second-order valence-electron chi connectivity index (χ2n) is 5.31. The van der Waals surface area contributed by atoms with Crippen molar-refractivity contribution in [3.05, 3.63) is 47.5 Å². The van der Waals surface area contributed by atoms with E-state index in [1.807, 2.05) is 35.0 Å². The van der Waals surface area contributed by atoms with Gasteiger partial charge in [-0.3, -0.25) is 0 Å². The maximum atomic E-state index is 11.4. The van der Waals surface area contributed by atoms with E-state index < -0.39 is 12.0 Å². The molecule has 0 saturated carbocycles. The van der Waals surface area contributed by atoms with Gasteiger partial charge in [0.1, 0.15) is 17.6 Å². The highest BCUT2D eigenvalue weighted by Gasteiger charge is 2.28. The molecular formula is C16H18N2O3. The summed E-state index contributed by atoms with van der Waals surface area (Å²) in [6.45, 7) is 0. The van der Waals surface area contributed by atoms with Crippen LogP contribution in [0.1, 0.15) is 36.0 Å². The monoisotopic (exact) mass is 286 g/mol. The second-order valence-corrected chi connectivity index (χ2v) is 5.31. The Balaban J connectivity index is 1.89. The van der Waals surface area contributed by atoms with Crippen LogP contribution in [0.5, 0.6) is 5.75 Å². The van der Waals surface area contributed by atoms with Crippen molar-refractivity contribution < 1.29 is 14.6 Å². The van der Waals surface area contributed by atoms with Crippen molar-refractivity contribution in [3.63, 3.8) is 0 Å². The Bertz CT molecular complexity index is 646. The van der Waals surface area contributed by atoms with Gasteiger partial charge in [0.2, 0.25) is 0 Å². The number of hydrogen-bond donors (Lipinski definition) is 1. The van der Waals surface area contributed by atoms with E-state index in [1.165, 1.54) is 0 Å². The number of carbonyl (C=O) groups is 1. The molecule has 0 radical (unpaired) electrons. The van der Waals surface area contributed by atoms with Gasteiger partial charge in [-0.2, -0.15) is 0 Å². The number of carboxylic acids is 1. The summed E-state index contributed by atoms with van der Waals surface area (Å²) in [5, 5.41) is 9.40. The normalized spacial score (nSPS) is 17.3. The number of hydrogen-bond acceptors (Lipinski definition) is 3. The third kappa shape index (κ3) is 2.63. The third-order valence-corrected chi connectivity index (χ3v) is 3.98. The molecule has 2 aromatic rings. The molecule has 0 amide bonds. The van der Waals surface area contributed by atoms with Gasteiger partial charge < -0.3 is 14.4 Å². The van der Waals surface area contributed by atoms with Crippen molar-refractivity contribution in [2.24, 2.45) is 0 Å². The number of aliphatic carboxylic acids is 1. The zero-order chi connectivity index (χ0) is 14.8. The van der Waals surface area contributed by atoms with Gasteiger partial charge in [0.25, 0.3) is 0 Å². The summed E-state index contributed by atoms with van der Waals surface area (Å²) in [5.41, 5.74) is 2.12. The highest BCUT2D eigenvalue weighted by Crippen LogP contribution is 2.28. The number of aryl methyl sites for hydroxylation is 1. The van der Waals surface area contributed by atoms with Crippen LogP contribution in [0.2, 0.25) is 0 Å². The van der Waals surface area contributed by atoms with Gasteiger partial charge in [-0.1, -0.05) is 12.1 Å². The number of benzene rings is 1. The van der Waals surface area contributed by atoms with Crippen molar-refractivity contribution in [1.29, 1.82) is 0 Å². The van der Waals surface area contributed by atoms with E-state index in [2.05, 4.69) is 4.98 Å². The molecule has 0 saturated heterocycles. The highest BCUT2D eigenvalue weighted by atomic mass is 16.5. The van der Waals surface area contributed by atoms with Crippen LogP contribution >= 0.6 is 0 Å². The molecule has 1 N–H and O–H groups in total. The maximum Gasteiger partial charge on any atom is 0.326 e. The van der Waals surface area contributed by atoms with Gasteiger partial charge in [0.15, 0.2) is 0 Å². The molecule has 0 spiro atoms. The molecule has 0 fully saturated rings. The minimum Gasteiger partial charge on any atom is -0.497 e. The number of methoxy groups -OCH3 is 1. The lowest BCUT2D eigenvalue weighted by Gasteiger charge is -2.24. The van der Waals surface area contributed by atoms with Crippen LogP contribution in [0.4, 0.5) is 0 Å². The molecule has 5 heteroatoms. The largest absolute Gasteiger partial charge is 0.497 e. The molecule has 1 aromatic carbocycles. The Morgan fingerprint density at radius 1 is 1.43 bits per heavy atom. The van der Waals surface area contributed by atoms with E-state index in [-0.39, 0.29) is 0 Å². The number of carboxylic acid groups (broad SMARTS) is 1. The minimum absolute atomic E-state index is 0.482. The van der Waals surface area contributed by atoms with E-state index in [1.54, 1.807) is 7.11 Å². The van der Waals surface area contributed by atoms with E-state index >= 15 is 0 Å². The average Bonchev–Trinajstić information content (AvgIpc) is 2.91. The van der Waals surface area contributed by atoms with Gasteiger partial charge in [0, 0.05) is 18.3 Å². The summed E-state index contributed by atoms with van der Waals surface area (Å²) in [6.07, 6.45) is 4.93. The van der Waals surface area contributed by atoms with Crippen molar-refractivity contribution in [3.8, 4) is 5.75 Å². The van der Waals surface area contributed by atoms with Crippen LogP contribution in [0, 0.1) is 0 Å². The maximum absolute atomic E-state index is 11.4. The number of imidazole rings is 1. The summed E-state index contributed by atoms with van der Waals surface area (Å²) < 4.78 is 7.04. The number of fused-ring (bicyclic) bond motifs is 1. The Morgan fingerprint density at radius 2 is 2.19 bits per heavy atom. The van der Waals surface area contributed by atoms with Crippen molar-refractivity contribution in [2.75, 3.05) is 7.11 Å². The van der Waals surface area contributed by atoms with E-state index in [4.69, 9.17) is 4.74 Å². The molecule has 0 aliphatic carbocycles. The molecule has 1 aromatic heterocycles. The first-order valence-corrected chi connectivity index (χ1v) is 7.09. The fourth-order valence-corrected chi connectivity index (χ4v) is 2.90. The Hall–Kier alpha value is -2.30. The van der Waals surface area contributed by atoms with Crippen LogP contribution in [0.25, 0.3) is 0 Å². The average molecular weight is 286 g/mol. The van der Waals surface area contributed by atoms with Crippen LogP contribution in [0.3, 0.4) is 0 Å². The molecule has 3 rings (SSSR count). The van der Waals surface area contributed by atoms with E-state index in [9.17, 15) is 9.90 Å². The minimum atomic E-state index is -0.773. The summed E-state index contributed by atoms with van der Waals surface area (Å²) in [4.78, 5) is 15.9. The number of aromatic nitrogens is 2. The molecule has 5 nitrogen and oxygen atoms in total. The smallest absolute Gasteiger partial charge is 0.326 e.